The Balaban J connectivity index is 1.75. The molecule has 26 heavy (non-hydrogen) atoms. The van der Waals surface area contributed by atoms with E-state index in [2.05, 4.69) is 15.5 Å². The maximum Gasteiger partial charge on any atom is 0.274 e. The molecule has 0 radical (unpaired) electrons. The van der Waals surface area contributed by atoms with Crippen molar-refractivity contribution in [3.63, 3.8) is 0 Å². The maximum absolute atomic E-state index is 13.1. The smallest absolute Gasteiger partial charge is 0.274 e. The van der Waals surface area contributed by atoms with Crippen molar-refractivity contribution in [2.75, 3.05) is 16.2 Å². The van der Waals surface area contributed by atoms with Gasteiger partial charge in [0.2, 0.25) is 5.91 Å². The summed E-state index contributed by atoms with van der Waals surface area (Å²) >= 11 is 1.02. The van der Waals surface area contributed by atoms with Gasteiger partial charge >= 0.3 is 0 Å². The lowest BCUT2D eigenvalue weighted by Crippen LogP contribution is -2.41. The van der Waals surface area contributed by atoms with Crippen molar-refractivity contribution in [3.05, 3.63) is 58.9 Å². The van der Waals surface area contributed by atoms with Gasteiger partial charge in [0.15, 0.2) is 0 Å². The zero-order valence-corrected chi connectivity index (χ0v) is 14.8. The van der Waals surface area contributed by atoms with Crippen molar-refractivity contribution in [2.45, 2.75) is 4.21 Å². The molecule has 1 aromatic carbocycles. The fraction of sp³-hybridized carbons (Fsp3) is 0.0625. The molecule has 8 nitrogen and oxygen atoms in total. The molecular weight excluding hydrogens is 376 g/mol. The van der Waals surface area contributed by atoms with Crippen LogP contribution >= 0.6 is 11.3 Å². The zero-order chi connectivity index (χ0) is 18.3. The summed E-state index contributed by atoms with van der Waals surface area (Å²) in [6.07, 6.45) is 0. The number of thiophene rings is 1. The lowest BCUT2D eigenvalue weighted by molar-refractivity contribution is -0.115. The molecule has 0 aliphatic carbocycles. The summed E-state index contributed by atoms with van der Waals surface area (Å²) in [5.41, 5.74) is 0.998. The van der Waals surface area contributed by atoms with Crippen molar-refractivity contribution in [3.8, 4) is 10.6 Å². The first-order chi connectivity index (χ1) is 12.4. The zero-order valence-electron chi connectivity index (χ0n) is 13.2. The number of fused-ring (bicyclic) bond motifs is 1. The molecule has 1 aliphatic rings. The molecule has 1 aliphatic heterocycles. The highest BCUT2D eigenvalue weighted by atomic mass is 32.2. The SMILES string of the molecule is O=C1CN(S(=O)(=O)c2ccc(-c3ccc(=O)[nH]n3)s2)c2ccccc2N1. The van der Waals surface area contributed by atoms with Crippen molar-refractivity contribution < 1.29 is 13.2 Å². The normalized spacial score (nSPS) is 14.0. The molecular formula is C16H12N4O4S2. The van der Waals surface area contributed by atoms with Gasteiger partial charge in [0.05, 0.1) is 16.3 Å². The van der Waals surface area contributed by atoms with Crippen LogP contribution < -0.4 is 15.2 Å². The van der Waals surface area contributed by atoms with Crippen LogP contribution in [0, 0.1) is 0 Å². The molecule has 0 unspecified atom stereocenters. The highest BCUT2D eigenvalue weighted by molar-refractivity contribution is 7.94. The molecule has 2 aromatic heterocycles. The lowest BCUT2D eigenvalue weighted by atomic mass is 10.2. The molecule has 0 bridgehead atoms. The van der Waals surface area contributed by atoms with E-state index in [0.29, 0.717) is 21.9 Å². The molecule has 1 amide bonds. The van der Waals surface area contributed by atoms with E-state index in [1.54, 1.807) is 30.3 Å². The summed E-state index contributed by atoms with van der Waals surface area (Å²) in [4.78, 5) is 23.6. The van der Waals surface area contributed by atoms with Gasteiger partial charge in [0.25, 0.3) is 15.6 Å². The van der Waals surface area contributed by atoms with Crippen molar-refractivity contribution >= 4 is 38.6 Å². The molecule has 3 heterocycles. The third-order valence-corrected chi connectivity index (χ3v) is 7.13. The van der Waals surface area contributed by atoms with Crippen LogP contribution in [0.2, 0.25) is 0 Å². The average Bonchev–Trinajstić information content (AvgIpc) is 3.12. The number of carbonyl (C=O) groups excluding carboxylic acids is 1. The van der Waals surface area contributed by atoms with Gasteiger partial charge in [-0.2, -0.15) is 5.10 Å². The Hall–Kier alpha value is -2.98. The number of aromatic amines is 1. The summed E-state index contributed by atoms with van der Waals surface area (Å²) in [6, 6.07) is 12.7. The third-order valence-electron chi connectivity index (χ3n) is 3.79. The first-order valence-electron chi connectivity index (χ1n) is 7.53. The standard InChI is InChI=1S/C16H12N4O4S2/c21-14-7-5-11(18-19-14)13-6-8-16(25-13)26(23,24)20-9-15(22)17-10-3-1-2-4-12(10)20/h1-8H,9H2,(H,17,22)(H,19,21). The molecule has 10 heteroatoms. The number of amides is 1. The second kappa shape index (κ2) is 6.07. The Labute approximate surface area is 152 Å². The number of hydrogen-bond acceptors (Lipinski definition) is 6. The number of aromatic nitrogens is 2. The molecule has 3 aromatic rings. The van der Waals surface area contributed by atoms with Gasteiger partial charge in [-0.25, -0.2) is 13.5 Å². The number of anilines is 2. The van der Waals surface area contributed by atoms with E-state index in [4.69, 9.17) is 0 Å². The van der Waals surface area contributed by atoms with Crippen LogP contribution in [0.4, 0.5) is 11.4 Å². The van der Waals surface area contributed by atoms with Crippen LogP contribution in [-0.4, -0.2) is 31.1 Å². The number of nitrogens with one attached hydrogen (secondary N) is 2. The number of H-pyrrole nitrogens is 1. The van der Waals surface area contributed by atoms with E-state index in [-0.39, 0.29) is 16.3 Å². The van der Waals surface area contributed by atoms with Crippen LogP contribution in [0.1, 0.15) is 0 Å². The van der Waals surface area contributed by atoms with Crippen LogP contribution in [0.15, 0.2) is 57.5 Å². The van der Waals surface area contributed by atoms with Gasteiger partial charge in [-0.1, -0.05) is 12.1 Å². The van der Waals surface area contributed by atoms with Gasteiger partial charge in [0.1, 0.15) is 16.4 Å². The van der Waals surface area contributed by atoms with Gasteiger partial charge in [-0.15, -0.1) is 11.3 Å². The van der Waals surface area contributed by atoms with Gasteiger partial charge in [0, 0.05) is 6.07 Å². The van der Waals surface area contributed by atoms with E-state index in [9.17, 15) is 18.0 Å². The molecule has 132 valence electrons. The van der Waals surface area contributed by atoms with Crippen molar-refractivity contribution in [1.82, 2.24) is 10.2 Å². The molecule has 2 N–H and O–H groups in total. The molecule has 0 saturated carbocycles. The summed E-state index contributed by atoms with van der Waals surface area (Å²) < 4.78 is 27.3. The minimum Gasteiger partial charge on any atom is -0.323 e. The van der Waals surface area contributed by atoms with Crippen molar-refractivity contribution in [1.29, 1.82) is 0 Å². The Morgan fingerprint density at radius 3 is 2.62 bits per heavy atom. The maximum atomic E-state index is 13.1. The number of carbonyl (C=O) groups is 1. The Morgan fingerprint density at radius 1 is 1.04 bits per heavy atom. The topological polar surface area (TPSA) is 112 Å². The second-order valence-corrected chi connectivity index (χ2v) is 8.68. The molecule has 0 saturated heterocycles. The van der Waals surface area contributed by atoms with E-state index in [1.165, 1.54) is 18.2 Å². The first kappa shape index (κ1) is 16.5. The molecule has 4 rings (SSSR count). The van der Waals surface area contributed by atoms with Gasteiger partial charge in [-0.05, 0) is 30.3 Å². The van der Waals surface area contributed by atoms with E-state index in [0.717, 1.165) is 15.6 Å². The average molecular weight is 388 g/mol. The van der Waals surface area contributed by atoms with Crippen LogP contribution in [-0.2, 0) is 14.8 Å². The van der Waals surface area contributed by atoms with E-state index >= 15 is 0 Å². The number of benzene rings is 1. The fourth-order valence-corrected chi connectivity index (χ4v) is 5.43. The van der Waals surface area contributed by atoms with Crippen molar-refractivity contribution in [2.24, 2.45) is 0 Å². The quantitative estimate of drug-likeness (QED) is 0.708. The molecule has 0 spiro atoms. The second-order valence-electron chi connectivity index (χ2n) is 5.50. The summed E-state index contributed by atoms with van der Waals surface area (Å²) in [5.74, 6) is -0.397. The predicted octanol–water partition coefficient (Wildman–Crippen LogP) is 1.65. The minimum atomic E-state index is -3.91. The summed E-state index contributed by atoms with van der Waals surface area (Å²) in [7, 11) is -3.91. The van der Waals surface area contributed by atoms with Gasteiger partial charge < -0.3 is 5.32 Å². The number of nitrogens with zero attached hydrogens (tertiary/aromatic N) is 2. The predicted molar refractivity (Wildman–Crippen MR) is 97.8 cm³/mol. The Morgan fingerprint density at radius 2 is 1.85 bits per heavy atom. The van der Waals surface area contributed by atoms with Crippen LogP contribution in [0.25, 0.3) is 10.6 Å². The lowest BCUT2D eigenvalue weighted by Gasteiger charge is -2.29. The minimum absolute atomic E-state index is 0.0880. The summed E-state index contributed by atoms with van der Waals surface area (Å²) in [5, 5.41) is 8.89. The van der Waals surface area contributed by atoms with Crippen LogP contribution in [0.5, 0.6) is 0 Å². The van der Waals surface area contributed by atoms with E-state index < -0.39 is 15.9 Å². The third kappa shape index (κ3) is 2.78. The Kier molecular flexibility index (Phi) is 3.85. The number of hydrogen-bond donors (Lipinski definition) is 2. The monoisotopic (exact) mass is 388 g/mol. The molecule has 0 fully saturated rings. The number of rotatable bonds is 3. The number of para-hydroxylation sites is 2. The highest BCUT2D eigenvalue weighted by Crippen LogP contribution is 2.36. The first-order valence-corrected chi connectivity index (χ1v) is 9.78. The summed E-state index contributed by atoms with van der Waals surface area (Å²) in [6.45, 7) is -0.288. The Bertz CT molecular complexity index is 1150. The highest BCUT2D eigenvalue weighted by Gasteiger charge is 2.33. The fourth-order valence-electron chi connectivity index (χ4n) is 2.60. The van der Waals surface area contributed by atoms with E-state index in [1.807, 2.05) is 0 Å². The molecule has 0 atom stereocenters. The van der Waals surface area contributed by atoms with Crippen LogP contribution in [0.3, 0.4) is 0 Å². The van der Waals surface area contributed by atoms with Gasteiger partial charge in [-0.3, -0.25) is 13.9 Å². The number of sulfonamides is 1. The largest absolute Gasteiger partial charge is 0.323 e.